The van der Waals surface area contributed by atoms with Gasteiger partial charge in [0, 0.05) is 32.3 Å². The summed E-state index contributed by atoms with van der Waals surface area (Å²) in [5, 5.41) is 8.21. The quantitative estimate of drug-likeness (QED) is 0.387. The molecule has 156 valence electrons. The van der Waals surface area contributed by atoms with E-state index in [1.165, 1.54) is 7.05 Å². The maximum atomic E-state index is 13.2. The fraction of sp³-hybridized carbons (Fsp3) is 0.316. The second-order valence-electron chi connectivity index (χ2n) is 6.11. The Hall–Kier alpha value is -3.17. The standard InChI is InChI=1S/C19H21F4N5O/c1-12-4-3-5-16(27-12)28-17(29)8-9-25-18(24-2)26-11-13-6-7-14(20)10-15(13)19(21,22)23/h3-7,10H,8-9,11H2,1-2H3,(H2,24,25,26)(H,27,28,29). The smallest absolute Gasteiger partial charge is 0.356 e. The molecule has 0 aliphatic rings. The molecule has 0 saturated carbocycles. The minimum absolute atomic E-state index is 0.0979. The van der Waals surface area contributed by atoms with Crippen LogP contribution in [0.5, 0.6) is 0 Å². The largest absolute Gasteiger partial charge is 0.416 e. The van der Waals surface area contributed by atoms with E-state index in [1.54, 1.807) is 25.1 Å². The highest BCUT2D eigenvalue weighted by atomic mass is 19.4. The molecular weight excluding hydrogens is 390 g/mol. The predicted molar refractivity (Wildman–Crippen MR) is 102 cm³/mol. The summed E-state index contributed by atoms with van der Waals surface area (Å²) < 4.78 is 52.3. The molecule has 0 bridgehead atoms. The lowest BCUT2D eigenvalue weighted by molar-refractivity contribution is -0.138. The highest BCUT2D eigenvalue weighted by molar-refractivity contribution is 5.90. The van der Waals surface area contributed by atoms with Crippen LogP contribution in [-0.4, -0.2) is 30.4 Å². The normalized spacial score (nSPS) is 11.9. The van der Waals surface area contributed by atoms with Gasteiger partial charge in [-0.25, -0.2) is 9.37 Å². The van der Waals surface area contributed by atoms with Crippen molar-refractivity contribution in [3.63, 3.8) is 0 Å². The number of carbonyl (C=O) groups excluding carboxylic acids is 1. The number of nitrogens with one attached hydrogen (secondary N) is 3. The molecule has 1 aromatic carbocycles. The Labute approximate surface area is 165 Å². The van der Waals surface area contributed by atoms with Crippen molar-refractivity contribution in [2.45, 2.75) is 26.1 Å². The van der Waals surface area contributed by atoms with Gasteiger partial charge in [0.25, 0.3) is 0 Å². The number of amides is 1. The van der Waals surface area contributed by atoms with E-state index in [-0.39, 0.29) is 36.9 Å². The summed E-state index contributed by atoms with van der Waals surface area (Å²) >= 11 is 0. The van der Waals surface area contributed by atoms with Gasteiger partial charge in [-0.05, 0) is 36.8 Å². The molecule has 0 unspecified atom stereocenters. The van der Waals surface area contributed by atoms with Crippen LogP contribution in [0.25, 0.3) is 0 Å². The lowest BCUT2D eigenvalue weighted by Crippen LogP contribution is -2.38. The number of pyridine rings is 1. The number of anilines is 1. The number of alkyl halides is 3. The third kappa shape index (κ3) is 7.05. The van der Waals surface area contributed by atoms with Gasteiger partial charge < -0.3 is 16.0 Å². The maximum Gasteiger partial charge on any atom is 0.416 e. The number of hydrogen-bond donors (Lipinski definition) is 3. The van der Waals surface area contributed by atoms with Crippen molar-refractivity contribution < 1.29 is 22.4 Å². The molecule has 0 atom stereocenters. The van der Waals surface area contributed by atoms with Crippen LogP contribution in [0, 0.1) is 12.7 Å². The first-order valence-electron chi connectivity index (χ1n) is 8.72. The van der Waals surface area contributed by atoms with Crippen LogP contribution < -0.4 is 16.0 Å². The topological polar surface area (TPSA) is 78.4 Å². The summed E-state index contributed by atoms with van der Waals surface area (Å²) in [4.78, 5) is 20.0. The Morgan fingerprint density at radius 1 is 1.17 bits per heavy atom. The third-order valence-electron chi connectivity index (χ3n) is 3.85. The first-order chi connectivity index (χ1) is 13.7. The summed E-state index contributed by atoms with van der Waals surface area (Å²) in [5.74, 6) is -0.584. The van der Waals surface area contributed by atoms with Gasteiger partial charge in [-0.2, -0.15) is 13.2 Å². The summed E-state index contributed by atoms with van der Waals surface area (Å²) in [7, 11) is 1.45. The number of aliphatic imine (C=N–C) groups is 1. The summed E-state index contributed by atoms with van der Waals surface area (Å²) in [6.45, 7) is 1.79. The van der Waals surface area contributed by atoms with Crippen molar-refractivity contribution in [2.75, 3.05) is 18.9 Å². The van der Waals surface area contributed by atoms with Gasteiger partial charge in [0.2, 0.25) is 5.91 Å². The average Bonchev–Trinajstić information content (AvgIpc) is 2.64. The first-order valence-corrected chi connectivity index (χ1v) is 8.72. The molecule has 1 heterocycles. The van der Waals surface area contributed by atoms with E-state index in [4.69, 9.17) is 0 Å². The van der Waals surface area contributed by atoms with Crippen LogP contribution in [0.2, 0.25) is 0 Å². The summed E-state index contributed by atoms with van der Waals surface area (Å²) in [5.41, 5.74) is -0.403. The van der Waals surface area contributed by atoms with Crippen molar-refractivity contribution >= 4 is 17.7 Å². The van der Waals surface area contributed by atoms with Gasteiger partial charge in [0.05, 0.1) is 5.56 Å². The fourth-order valence-electron chi connectivity index (χ4n) is 2.48. The Balaban J connectivity index is 1.85. The monoisotopic (exact) mass is 411 g/mol. The fourth-order valence-corrected chi connectivity index (χ4v) is 2.48. The highest BCUT2D eigenvalue weighted by Crippen LogP contribution is 2.32. The third-order valence-corrected chi connectivity index (χ3v) is 3.85. The van der Waals surface area contributed by atoms with Crippen molar-refractivity contribution in [1.82, 2.24) is 15.6 Å². The lowest BCUT2D eigenvalue weighted by Gasteiger charge is -2.16. The van der Waals surface area contributed by atoms with Crippen LogP contribution in [0.3, 0.4) is 0 Å². The van der Waals surface area contributed by atoms with Crippen LogP contribution in [0.4, 0.5) is 23.4 Å². The number of carbonyl (C=O) groups is 1. The SMILES string of the molecule is CN=C(NCCC(=O)Nc1cccc(C)n1)NCc1ccc(F)cc1C(F)(F)F. The molecule has 0 saturated heterocycles. The van der Waals surface area contributed by atoms with Gasteiger partial charge >= 0.3 is 6.18 Å². The minimum Gasteiger partial charge on any atom is -0.356 e. The van der Waals surface area contributed by atoms with Gasteiger partial charge in [-0.15, -0.1) is 0 Å². The van der Waals surface area contributed by atoms with Crippen molar-refractivity contribution in [3.8, 4) is 0 Å². The number of benzene rings is 1. The Kier molecular flexibility index (Phi) is 7.52. The maximum absolute atomic E-state index is 13.2. The number of hydrogen-bond acceptors (Lipinski definition) is 3. The molecule has 0 radical (unpaired) electrons. The van der Waals surface area contributed by atoms with E-state index in [1.807, 2.05) is 0 Å². The second-order valence-corrected chi connectivity index (χ2v) is 6.11. The number of guanidine groups is 1. The van der Waals surface area contributed by atoms with Gasteiger partial charge in [0.15, 0.2) is 5.96 Å². The number of aromatic nitrogens is 1. The molecule has 0 aliphatic carbocycles. The van der Waals surface area contributed by atoms with E-state index in [2.05, 4.69) is 25.9 Å². The molecular formula is C19H21F4N5O. The van der Waals surface area contributed by atoms with E-state index < -0.39 is 17.6 Å². The molecule has 0 spiro atoms. The van der Waals surface area contributed by atoms with E-state index in [9.17, 15) is 22.4 Å². The molecule has 0 aliphatic heterocycles. The number of halogens is 4. The highest BCUT2D eigenvalue weighted by Gasteiger charge is 2.33. The Morgan fingerprint density at radius 3 is 2.59 bits per heavy atom. The predicted octanol–water partition coefficient (Wildman–Crippen LogP) is 3.24. The van der Waals surface area contributed by atoms with E-state index in [0.29, 0.717) is 11.9 Å². The Morgan fingerprint density at radius 2 is 1.93 bits per heavy atom. The number of rotatable bonds is 6. The van der Waals surface area contributed by atoms with E-state index >= 15 is 0 Å². The molecule has 1 amide bonds. The number of nitrogens with zero attached hydrogens (tertiary/aromatic N) is 2. The Bertz CT molecular complexity index is 883. The average molecular weight is 411 g/mol. The van der Waals surface area contributed by atoms with Crippen LogP contribution in [0.15, 0.2) is 41.4 Å². The van der Waals surface area contributed by atoms with Crippen molar-refractivity contribution in [3.05, 3.63) is 59.0 Å². The summed E-state index contributed by atoms with van der Waals surface area (Å²) in [6.07, 6.45) is -4.57. The van der Waals surface area contributed by atoms with E-state index in [0.717, 1.165) is 17.8 Å². The van der Waals surface area contributed by atoms with Crippen molar-refractivity contribution in [1.29, 1.82) is 0 Å². The molecule has 1 aromatic heterocycles. The van der Waals surface area contributed by atoms with Crippen LogP contribution in [-0.2, 0) is 17.5 Å². The first kappa shape index (κ1) is 22.1. The van der Waals surface area contributed by atoms with Crippen molar-refractivity contribution in [2.24, 2.45) is 4.99 Å². The molecule has 2 aromatic rings. The molecule has 6 nitrogen and oxygen atoms in total. The van der Waals surface area contributed by atoms with Crippen LogP contribution >= 0.6 is 0 Å². The van der Waals surface area contributed by atoms with Gasteiger partial charge in [0.1, 0.15) is 11.6 Å². The van der Waals surface area contributed by atoms with Gasteiger partial charge in [-0.1, -0.05) is 12.1 Å². The molecule has 2 rings (SSSR count). The molecule has 0 fully saturated rings. The van der Waals surface area contributed by atoms with Crippen LogP contribution in [0.1, 0.15) is 23.2 Å². The number of aryl methyl sites for hydroxylation is 1. The molecule has 3 N–H and O–H groups in total. The summed E-state index contributed by atoms with van der Waals surface area (Å²) in [6, 6.07) is 7.73. The zero-order valence-electron chi connectivity index (χ0n) is 15.9. The molecule has 29 heavy (non-hydrogen) atoms. The minimum atomic E-state index is -4.67. The second kappa shape index (κ2) is 9.85. The lowest BCUT2D eigenvalue weighted by atomic mass is 10.1. The zero-order valence-corrected chi connectivity index (χ0v) is 15.9. The molecule has 10 heteroatoms. The van der Waals surface area contributed by atoms with Gasteiger partial charge in [-0.3, -0.25) is 9.79 Å². The zero-order chi connectivity index (χ0) is 21.4.